The lowest BCUT2D eigenvalue weighted by atomic mass is 9.73. The average Bonchev–Trinajstić information content (AvgIpc) is 2.33. The molecule has 0 aromatic carbocycles. The number of allylic oxidation sites excluding steroid dienone is 1. The SMILES string of the molecule is C#CCOC[C@]1(C(=O)OCC)CCC(C)=C[C@@H]1O. The molecule has 2 atom stereocenters. The van der Waals surface area contributed by atoms with Crippen LogP contribution in [0.15, 0.2) is 11.6 Å². The molecule has 0 aromatic heterocycles. The fraction of sp³-hybridized carbons (Fsp3) is 0.643. The quantitative estimate of drug-likeness (QED) is 0.347. The summed E-state index contributed by atoms with van der Waals surface area (Å²) in [6.07, 6.45) is 7.18. The fourth-order valence-electron chi connectivity index (χ4n) is 2.09. The molecule has 0 spiro atoms. The Morgan fingerprint density at radius 1 is 1.72 bits per heavy atom. The van der Waals surface area contributed by atoms with E-state index < -0.39 is 17.5 Å². The number of terminal acetylenes is 1. The van der Waals surface area contributed by atoms with Gasteiger partial charge in [-0.2, -0.15) is 0 Å². The number of carbonyl (C=O) groups is 1. The molecule has 0 aromatic rings. The number of hydrogen-bond donors (Lipinski definition) is 1. The van der Waals surface area contributed by atoms with Gasteiger partial charge >= 0.3 is 5.97 Å². The van der Waals surface area contributed by atoms with Crippen LogP contribution < -0.4 is 0 Å². The minimum Gasteiger partial charge on any atom is -0.465 e. The maximum Gasteiger partial charge on any atom is 0.317 e. The number of rotatable bonds is 5. The second-order valence-corrected chi connectivity index (χ2v) is 4.53. The Morgan fingerprint density at radius 3 is 3.00 bits per heavy atom. The van der Waals surface area contributed by atoms with Crippen molar-refractivity contribution in [1.29, 1.82) is 0 Å². The average molecular weight is 252 g/mol. The molecule has 1 N–H and O–H groups in total. The molecule has 1 aliphatic carbocycles. The van der Waals surface area contributed by atoms with Crippen molar-refractivity contribution >= 4 is 5.97 Å². The fourth-order valence-corrected chi connectivity index (χ4v) is 2.09. The number of aliphatic hydroxyl groups excluding tert-OH is 1. The van der Waals surface area contributed by atoms with E-state index in [1.165, 1.54) is 0 Å². The molecule has 4 heteroatoms. The molecular formula is C14H20O4. The molecule has 0 bridgehead atoms. The van der Waals surface area contributed by atoms with Gasteiger partial charge in [0.1, 0.15) is 12.0 Å². The number of carbonyl (C=O) groups excluding carboxylic acids is 1. The summed E-state index contributed by atoms with van der Waals surface area (Å²) in [6.45, 7) is 4.16. The monoisotopic (exact) mass is 252 g/mol. The molecule has 4 nitrogen and oxygen atoms in total. The van der Waals surface area contributed by atoms with Gasteiger partial charge in [-0.05, 0) is 26.7 Å². The number of ether oxygens (including phenoxy) is 2. The summed E-state index contributed by atoms with van der Waals surface area (Å²) in [7, 11) is 0. The van der Waals surface area contributed by atoms with Crippen molar-refractivity contribution in [1.82, 2.24) is 0 Å². The van der Waals surface area contributed by atoms with E-state index in [0.717, 1.165) is 12.0 Å². The topological polar surface area (TPSA) is 55.8 Å². The van der Waals surface area contributed by atoms with Crippen LogP contribution >= 0.6 is 0 Å². The van der Waals surface area contributed by atoms with Gasteiger partial charge in [0.15, 0.2) is 0 Å². The second kappa shape index (κ2) is 6.58. The van der Waals surface area contributed by atoms with Crippen LogP contribution in [0.4, 0.5) is 0 Å². The zero-order chi connectivity index (χ0) is 13.6. The van der Waals surface area contributed by atoms with Crippen molar-refractivity contribution in [2.24, 2.45) is 5.41 Å². The Morgan fingerprint density at radius 2 is 2.44 bits per heavy atom. The molecule has 1 rings (SSSR count). The lowest BCUT2D eigenvalue weighted by molar-refractivity contribution is -0.167. The van der Waals surface area contributed by atoms with Crippen molar-refractivity contribution in [2.75, 3.05) is 19.8 Å². The van der Waals surface area contributed by atoms with E-state index in [2.05, 4.69) is 5.92 Å². The lowest BCUT2D eigenvalue weighted by Gasteiger charge is -2.37. The Balaban J connectivity index is 2.88. The lowest BCUT2D eigenvalue weighted by Crippen LogP contribution is -2.48. The zero-order valence-electron chi connectivity index (χ0n) is 10.9. The van der Waals surface area contributed by atoms with Crippen LogP contribution in [0.3, 0.4) is 0 Å². The van der Waals surface area contributed by atoms with Crippen molar-refractivity contribution in [3.8, 4) is 12.3 Å². The van der Waals surface area contributed by atoms with Gasteiger partial charge in [0.2, 0.25) is 0 Å². The van der Waals surface area contributed by atoms with Crippen molar-refractivity contribution < 1.29 is 19.4 Å². The van der Waals surface area contributed by atoms with E-state index in [1.807, 2.05) is 6.92 Å². The zero-order valence-corrected chi connectivity index (χ0v) is 10.9. The highest BCUT2D eigenvalue weighted by atomic mass is 16.5. The first-order valence-corrected chi connectivity index (χ1v) is 6.10. The van der Waals surface area contributed by atoms with Crippen LogP contribution in [0, 0.1) is 17.8 Å². The van der Waals surface area contributed by atoms with Gasteiger partial charge in [0.25, 0.3) is 0 Å². The molecule has 100 valence electrons. The molecule has 0 fully saturated rings. The minimum atomic E-state index is -1.02. The van der Waals surface area contributed by atoms with Crippen LogP contribution in [0.25, 0.3) is 0 Å². The predicted molar refractivity (Wildman–Crippen MR) is 67.7 cm³/mol. The summed E-state index contributed by atoms with van der Waals surface area (Å²) in [5, 5.41) is 10.2. The first-order valence-electron chi connectivity index (χ1n) is 6.10. The molecule has 0 saturated heterocycles. The van der Waals surface area contributed by atoms with E-state index in [9.17, 15) is 9.90 Å². The number of esters is 1. The summed E-state index contributed by atoms with van der Waals surface area (Å²) < 4.78 is 10.3. The third-order valence-electron chi connectivity index (χ3n) is 3.20. The molecule has 0 heterocycles. The molecular weight excluding hydrogens is 232 g/mol. The van der Waals surface area contributed by atoms with E-state index in [-0.39, 0.29) is 19.8 Å². The van der Waals surface area contributed by atoms with Crippen LogP contribution in [0.5, 0.6) is 0 Å². The highest BCUT2D eigenvalue weighted by Gasteiger charge is 2.47. The van der Waals surface area contributed by atoms with E-state index in [4.69, 9.17) is 15.9 Å². The normalized spacial score (nSPS) is 27.2. The molecule has 1 aliphatic rings. The van der Waals surface area contributed by atoms with Crippen molar-refractivity contribution in [2.45, 2.75) is 32.8 Å². The maximum atomic E-state index is 12.1. The molecule has 0 saturated carbocycles. The summed E-state index contributed by atoms with van der Waals surface area (Å²) in [5.41, 5.74) is 0.0474. The smallest absolute Gasteiger partial charge is 0.317 e. The number of aliphatic hydroxyl groups is 1. The van der Waals surface area contributed by atoms with Gasteiger partial charge in [-0.15, -0.1) is 6.42 Å². The van der Waals surface area contributed by atoms with E-state index in [0.29, 0.717) is 6.42 Å². The van der Waals surface area contributed by atoms with Gasteiger partial charge in [-0.1, -0.05) is 17.6 Å². The second-order valence-electron chi connectivity index (χ2n) is 4.53. The highest BCUT2D eigenvalue weighted by Crippen LogP contribution is 2.37. The highest BCUT2D eigenvalue weighted by molar-refractivity contribution is 5.78. The summed E-state index contributed by atoms with van der Waals surface area (Å²) in [5.74, 6) is 1.93. The summed E-state index contributed by atoms with van der Waals surface area (Å²) in [6, 6.07) is 0. The molecule has 0 amide bonds. The summed E-state index contributed by atoms with van der Waals surface area (Å²) >= 11 is 0. The first kappa shape index (κ1) is 14.7. The van der Waals surface area contributed by atoms with Gasteiger partial charge in [-0.25, -0.2) is 0 Å². The largest absolute Gasteiger partial charge is 0.465 e. The first-order chi connectivity index (χ1) is 8.56. The van der Waals surface area contributed by atoms with Gasteiger partial charge in [0, 0.05) is 0 Å². The Kier molecular flexibility index (Phi) is 5.39. The third-order valence-corrected chi connectivity index (χ3v) is 3.20. The Bertz CT molecular complexity index is 366. The molecule has 18 heavy (non-hydrogen) atoms. The van der Waals surface area contributed by atoms with Crippen molar-refractivity contribution in [3.05, 3.63) is 11.6 Å². The molecule has 0 aliphatic heterocycles. The minimum absolute atomic E-state index is 0.0843. The van der Waals surface area contributed by atoms with Gasteiger partial charge in [-0.3, -0.25) is 4.79 Å². The van der Waals surface area contributed by atoms with Crippen LogP contribution in [-0.4, -0.2) is 37.0 Å². The van der Waals surface area contributed by atoms with Gasteiger partial charge < -0.3 is 14.6 Å². The Labute approximate surface area is 108 Å². The van der Waals surface area contributed by atoms with Crippen LogP contribution in [0.2, 0.25) is 0 Å². The number of hydrogen-bond acceptors (Lipinski definition) is 4. The van der Waals surface area contributed by atoms with Crippen LogP contribution in [-0.2, 0) is 14.3 Å². The molecule has 0 radical (unpaired) electrons. The van der Waals surface area contributed by atoms with E-state index in [1.54, 1.807) is 13.0 Å². The van der Waals surface area contributed by atoms with Crippen molar-refractivity contribution in [3.63, 3.8) is 0 Å². The standard InChI is InChI=1S/C14H20O4/c1-4-8-17-10-14(13(16)18-5-2)7-6-11(3)9-12(14)15/h1,9,12,15H,5-8,10H2,2-3H3/t12-,14+/m0/s1. The van der Waals surface area contributed by atoms with Gasteiger partial charge in [0.05, 0.1) is 19.3 Å². The predicted octanol–water partition coefficient (Wildman–Crippen LogP) is 1.29. The van der Waals surface area contributed by atoms with E-state index >= 15 is 0 Å². The maximum absolute atomic E-state index is 12.1. The van der Waals surface area contributed by atoms with Crippen LogP contribution in [0.1, 0.15) is 26.7 Å². The third kappa shape index (κ3) is 3.12. The Hall–Kier alpha value is -1.31. The molecule has 0 unspecified atom stereocenters. The summed E-state index contributed by atoms with van der Waals surface area (Å²) in [4.78, 5) is 12.1.